The smallest absolute Gasteiger partial charge is 0.235 e. The number of rotatable bonds is 6. The number of fused-ring (bicyclic) bond motifs is 2. The standard InChI is InChI=1S/C23H26N4O5S/c28-22(13-15-6-9-20-21(12-15)32-11-10-31-20)24-23-18-14-16(7-8-19(18)25-26-23)27-33(29,30)17-4-2-1-3-5-17/h6-9,12,14,17,27H,1-5,10-11,13H2,(H2,24,25,26,28). The van der Waals surface area contributed by atoms with E-state index in [0.717, 1.165) is 24.8 Å². The lowest BCUT2D eigenvalue weighted by Gasteiger charge is -2.22. The Morgan fingerprint density at radius 3 is 2.64 bits per heavy atom. The fourth-order valence-electron chi connectivity index (χ4n) is 4.36. The van der Waals surface area contributed by atoms with Crippen molar-refractivity contribution in [3.05, 3.63) is 42.0 Å². The predicted molar refractivity (Wildman–Crippen MR) is 125 cm³/mol. The first-order chi connectivity index (χ1) is 16.0. The first kappa shape index (κ1) is 21.6. The summed E-state index contributed by atoms with van der Waals surface area (Å²) in [7, 11) is -3.46. The van der Waals surface area contributed by atoms with Crippen molar-refractivity contribution in [1.82, 2.24) is 10.2 Å². The number of amides is 1. The summed E-state index contributed by atoms with van der Waals surface area (Å²) in [5.74, 6) is 1.41. The van der Waals surface area contributed by atoms with Crippen LogP contribution in [0.2, 0.25) is 0 Å². The zero-order valence-corrected chi connectivity index (χ0v) is 18.9. The summed E-state index contributed by atoms with van der Waals surface area (Å²) in [5, 5.41) is 10.2. The van der Waals surface area contributed by atoms with Gasteiger partial charge in [0.1, 0.15) is 13.2 Å². The van der Waals surface area contributed by atoms with Crippen molar-refractivity contribution < 1.29 is 22.7 Å². The number of nitrogens with zero attached hydrogens (tertiary/aromatic N) is 1. The number of hydrogen-bond acceptors (Lipinski definition) is 6. The molecule has 0 spiro atoms. The van der Waals surface area contributed by atoms with Crippen LogP contribution in [0.5, 0.6) is 11.5 Å². The second-order valence-corrected chi connectivity index (χ2v) is 10.4. The topological polar surface area (TPSA) is 122 Å². The van der Waals surface area contributed by atoms with Gasteiger partial charge in [0.2, 0.25) is 15.9 Å². The van der Waals surface area contributed by atoms with E-state index in [0.29, 0.717) is 60.0 Å². The van der Waals surface area contributed by atoms with Crippen molar-refractivity contribution in [1.29, 1.82) is 0 Å². The van der Waals surface area contributed by atoms with Crippen molar-refractivity contribution in [2.24, 2.45) is 0 Å². The van der Waals surface area contributed by atoms with Crippen LogP contribution < -0.4 is 19.5 Å². The van der Waals surface area contributed by atoms with E-state index in [2.05, 4.69) is 20.2 Å². The third-order valence-corrected chi connectivity index (χ3v) is 7.91. The molecule has 0 radical (unpaired) electrons. The van der Waals surface area contributed by atoms with Gasteiger partial charge in [-0.25, -0.2) is 8.42 Å². The molecular weight excluding hydrogens is 444 g/mol. The van der Waals surface area contributed by atoms with E-state index in [1.165, 1.54) is 0 Å². The second-order valence-electron chi connectivity index (χ2n) is 8.44. The Morgan fingerprint density at radius 1 is 1.03 bits per heavy atom. The van der Waals surface area contributed by atoms with E-state index in [1.54, 1.807) is 30.3 Å². The molecule has 1 amide bonds. The van der Waals surface area contributed by atoms with Gasteiger partial charge in [-0.3, -0.25) is 14.6 Å². The third kappa shape index (κ3) is 4.75. The highest BCUT2D eigenvalue weighted by molar-refractivity contribution is 7.93. The molecule has 0 saturated heterocycles. The van der Waals surface area contributed by atoms with Gasteiger partial charge in [0.25, 0.3) is 0 Å². The van der Waals surface area contributed by atoms with E-state index in [-0.39, 0.29) is 17.6 Å². The van der Waals surface area contributed by atoms with Gasteiger partial charge < -0.3 is 14.8 Å². The summed E-state index contributed by atoms with van der Waals surface area (Å²) in [6, 6.07) is 10.6. The number of ether oxygens (including phenoxy) is 2. The van der Waals surface area contributed by atoms with E-state index in [1.807, 2.05) is 6.07 Å². The minimum atomic E-state index is -3.46. The number of aromatic nitrogens is 2. The number of nitrogens with one attached hydrogen (secondary N) is 3. The molecule has 2 aliphatic rings. The minimum Gasteiger partial charge on any atom is -0.486 e. The van der Waals surface area contributed by atoms with E-state index in [4.69, 9.17) is 9.47 Å². The van der Waals surface area contributed by atoms with Crippen molar-refractivity contribution in [2.75, 3.05) is 23.3 Å². The predicted octanol–water partition coefficient (Wildman–Crippen LogP) is 3.59. The quantitative estimate of drug-likeness (QED) is 0.506. The fourth-order valence-corrected chi connectivity index (χ4v) is 5.93. The van der Waals surface area contributed by atoms with Gasteiger partial charge in [0.15, 0.2) is 17.3 Å². The summed E-state index contributed by atoms with van der Waals surface area (Å²) in [6.45, 7) is 0.993. The lowest BCUT2D eigenvalue weighted by molar-refractivity contribution is -0.115. The maximum absolute atomic E-state index is 12.8. The Bertz CT molecular complexity index is 1280. The number of anilines is 2. The highest BCUT2D eigenvalue weighted by atomic mass is 32.2. The number of carbonyl (C=O) groups is 1. The van der Waals surface area contributed by atoms with Crippen LogP contribution in [-0.4, -0.2) is 43.0 Å². The number of sulfonamides is 1. The van der Waals surface area contributed by atoms with E-state index in [9.17, 15) is 13.2 Å². The summed E-state index contributed by atoms with van der Waals surface area (Å²) in [6.07, 6.45) is 4.47. The Labute approximate surface area is 191 Å². The molecule has 9 nitrogen and oxygen atoms in total. The SMILES string of the molecule is O=C(Cc1ccc2c(c1)OCCO2)Nc1n[nH]c2ccc(NS(=O)(=O)C3CCCCC3)cc12. The molecule has 0 atom stereocenters. The molecule has 1 aromatic heterocycles. The normalized spacial score (nSPS) is 16.5. The third-order valence-electron chi connectivity index (χ3n) is 6.04. The molecule has 174 valence electrons. The van der Waals surface area contributed by atoms with E-state index >= 15 is 0 Å². The molecule has 1 fully saturated rings. The van der Waals surface area contributed by atoms with Crippen LogP contribution in [0.25, 0.3) is 10.9 Å². The molecule has 0 unspecified atom stereocenters. The monoisotopic (exact) mass is 470 g/mol. The van der Waals surface area contributed by atoms with Gasteiger partial charge in [0, 0.05) is 11.1 Å². The Hall–Kier alpha value is -3.27. The Morgan fingerprint density at radius 2 is 1.82 bits per heavy atom. The summed E-state index contributed by atoms with van der Waals surface area (Å²) in [4.78, 5) is 12.7. The number of aromatic amines is 1. The molecular formula is C23H26N4O5S. The maximum atomic E-state index is 12.8. The molecule has 0 bridgehead atoms. The zero-order valence-electron chi connectivity index (χ0n) is 18.1. The van der Waals surface area contributed by atoms with Crippen LogP contribution >= 0.6 is 0 Å². The van der Waals surface area contributed by atoms with Gasteiger partial charge >= 0.3 is 0 Å². The van der Waals surface area contributed by atoms with Crippen LogP contribution in [0, 0.1) is 0 Å². The van der Waals surface area contributed by atoms with Gasteiger partial charge in [-0.1, -0.05) is 25.3 Å². The lowest BCUT2D eigenvalue weighted by Crippen LogP contribution is -2.29. The summed E-state index contributed by atoms with van der Waals surface area (Å²) >= 11 is 0. The molecule has 33 heavy (non-hydrogen) atoms. The molecule has 3 aromatic rings. The second kappa shape index (κ2) is 8.93. The van der Waals surface area contributed by atoms with Gasteiger partial charge in [0.05, 0.1) is 17.2 Å². The molecule has 10 heteroatoms. The van der Waals surface area contributed by atoms with Crippen molar-refractivity contribution in [2.45, 2.75) is 43.8 Å². The average Bonchev–Trinajstić information content (AvgIpc) is 3.21. The molecule has 2 aromatic carbocycles. The lowest BCUT2D eigenvalue weighted by atomic mass is 10.0. The van der Waals surface area contributed by atoms with Gasteiger partial charge in [-0.2, -0.15) is 5.10 Å². The number of hydrogen-bond donors (Lipinski definition) is 3. The van der Waals surface area contributed by atoms with Crippen LogP contribution in [-0.2, 0) is 21.2 Å². The van der Waals surface area contributed by atoms with Crippen LogP contribution in [0.3, 0.4) is 0 Å². The van der Waals surface area contributed by atoms with Crippen LogP contribution in [0.4, 0.5) is 11.5 Å². The highest BCUT2D eigenvalue weighted by Gasteiger charge is 2.27. The molecule has 2 heterocycles. The Balaban J connectivity index is 1.30. The zero-order chi connectivity index (χ0) is 22.8. The molecule has 3 N–H and O–H groups in total. The molecule has 1 aliphatic carbocycles. The van der Waals surface area contributed by atoms with Crippen LogP contribution in [0.1, 0.15) is 37.7 Å². The molecule has 1 aliphatic heterocycles. The molecule has 1 saturated carbocycles. The van der Waals surface area contributed by atoms with Gasteiger partial charge in [-0.05, 0) is 48.7 Å². The van der Waals surface area contributed by atoms with Crippen molar-refractivity contribution in [3.8, 4) is 11.5 Å². The van der Waals surface area contributed by atoms with Crippen LogP contribution in [0.15, 0.2) is 36.4 Å². The minimum absolute atomic E-state index is 0.138. The van der Waals surface area contributed by atoms with Crippen molar-refractivity contribution >= 4 is 38.3 Å². The number of carbonyl (C=O) groups excluding carboxylic acids is 1. The molecule has 5 rings (SSSR count). The van der Waals surface area contributed by atoms with Gasteiger partial charge in [-0.15, -0.1) is 0 Å². The summed E-state index contributed by atoms with van der Waals surface area (Å²) in [5.41, 5.74) is 1.94. The van der Waals surface area contributed by atoms with Crippen molar-refractivity contribution in [3.63, 3.8) is 0 Å². The number of H-pyrrole nitrogens is 1. The largest absolute Gasteiger partial charge is 0.486 e. The first-order valence-corrected chi connectivity index (χ1v) is 12.7. The first-order valence-electron chi connectivity index (χ1n) is 11.2. The fraction of sp³-hybridized carbons (Fsp3) is 0.391. The summed E-state index contributed by atoms with van der Waals surface area (Å²) < 4.78 is 39.3. The van der Waals surface area contributed by atoms with E-state index < -0.39 is 10.0 Å². The highest BCUT2D eigenvalue weighted by Crippen LogP contribution is 2.31. The Kier molecular flexibility index (Phi) is 5.84. The maximum Gasteiger partial charge on any atom is 0.235 e. The average molecular weight is 471 g/mol. The number of benzene rings is 2.